The molecule has 0 spiro atoms. The normalized spacial score (nSPS) is 14.1. The van der Waals surface area contributed by atoms with Crippen LogP contribution in [0.5, 0.6) is 11.5 Å². The van der Waals surface area contributed by atoms with Gasteiger partial charge in [0, 0.05) is 56.8 Å². The van der Waals surface area contributed by atoms with E-state index in [0.29, 0.717) is 24.3 Å². The number of piperazine rings is 1. The molecule has 2 aromatic carbocycles. The number of anilines is 1. The molecule has 1 aliphatic heterocycles. The lowest BCUT2D eigenvalue weighted by molar-refractivity contribution is -0.117. The van der Waals surface area contributed by atoms with Gasteiger partial charge < -0.3 is 19.3 Å². The van der Waals surface area contributed by atoms with Gasteiger partial charge in [0.2, 0.25) is 0 Å². The first kappa shape index (κ1) is 23.7. The number of rotatable bonds is 9. The number of carbonyl (C=O) groups is 1. The SMILES string of the molecule is COc1ccc(CC(=O)Cc2cc(Cc3ccc(N4CCN(C)CC4)cc3)ncn2)cc1OC. The molecule has 3 aromatic rings. The van der Waals surface area contributed by atoms with Crippen LogP contribution in [0.3, 0.4) is 0 Å². The lowest BCUT2D eigenvalue weighted by atomic mass is 10.0. The number of Topliss-reactive ketones (excluding diaryl/α,β-unsaturated/α-hetero) is 1. The quantitative estimate of drug-likeness (QED) is 0.486. The van der Waals surface area contributed by atoms with Crippen LogP contribution in [-0.2, 0) is 24.1 Å². The minimum atomic E-state index is 0.0911. The largest absolute Gasteiger partial charge is 0.493 e. The third-order valence-corrected chi connectivity index (χ3v) is 6.20. The first-order valence-corrected chi connectivity index (χ1v) is 11.6. The molecule has 1 aliphatic rings. The van der Waals surface area contributed by atoms with Crippen molar-refractivity contribution in [1.82, 2.24) is 14.9 Å². The molecule has 0 atom stereocenters. The number of likely N-dealkylation sites (N-methyl/N-ethyl adjacent to an activating group) is 1. The number of aromatic nitrogens is 2. The highest BCUT2D eigenvalue weighted by Gasteiger charge is 2.14. The molecule has 1 aromatic heterocycles. The van der Waals surface area contributed by atoms with Gasteiger partial charge in [-0.05, 0) is 48.5 Å². The third kappa shape index (κ3) is 6.11. The maximum Gasteiger partial charge on any atom is 0.161 e. The molecule has 0 bridgehead atoms. The maximum absolute atomic E-state index is 12.7. The van der Waals surface area contributed by atoms with Crippen molar-refractivity contribution in [2.45, 2.75) is 19.3 Å². The first-order valence-electron chi connectivity index (χ1n) is 11.6. The Morgan fingerprint density at radius 1 is 0.824 bits per heavy atom. The summed E-state index contributed by atoms with van der Waals surface area (Å²) in [5.74, 6) is 1.36. The minimum absolute atomic E-state index is 0.0911. The van der Waals surface area contributed by atoms with Crippen molar-refractivity contribution in [3.8, 4) is 11.5 Å². The van der Waals surface area contributed by atoms with Crippen LogP contribution in [0, 0.1) is 0 Å². The zero-order chi connectivity index (χ0) is 23.9. The number of carbonyl (C=O) groups excluding carboxylic acids is 1. The standard InChI is InChI=1S/C27H32N4O3/c1-30-10-12-31(13-11-30)24-7-4-20(5-8-24)14-22-17-23(29-19-28-22)18-25(32)15-21-6-9-26(33-2)27(16-21)34-3/h4-9,16-17,19H,10-15,18H2,1-3H3. The second-order valence-electron chi connectivity index (χ2n) is 8.72. The van der Waals surface area contributed by atoms with Crippen molar-refractivity contribution in [1.29, 1.82) is 0 Å². The molecule has 34 heavy (non-hydrogen) atoms. The van der Waals surface area contributed by atoms with E-state index in [0.717, 1.165) is 43.1 Å². The highest BCUT2D eigenvalue weighted by Crippen LogP contribution is 2.28. The van der Waals surface area contributed by atoms with Crippen LogP contribution in [-0.4, -0.2) is 68.1 Å². The van der Waals surface area contributed by atoms with E-state index in [4.69, 9.17) is 9.47 Å². The predicted molar refractivity (Wildman–Crippen MR) is 133 cm³/mol. The van der Waals surface area contributed by atoms with Gasteiger partial charge in [0.05, 0.1) is 19.9 Å². The highest BCUT2D eigenvalue weighted by molar-refractivity contribution is 5.83. The average molecular weight is 461 g/mol. The molecule has 2 heterocycles. The number of ketones is 1. The highest BCUT2D eigenvalue weighted by atomic mass is 16.5. The fraction of sp³-hybridized carbons (Fsp3) is 0.370. The topological polar surface area (TPSA) is 67.8 Å². The summed E-state index contributed by atoms with van der Waals surface area (Å²) in [5.41, 5.74) is 5.00. The molecule has 0 radical (unpaired) electrons. The van der Waals surface area contributed by atoms with Crippen LogP contribution in [0.25, 0.3) is 0 Å². The van der Waals surface area contributed by atoms with Gasteiger partial charge >= 0.3 is 0 Å². The number of nitrogens with zero attached hydrogens (tertiary/aromatic N) is 4. The minimum Gasteiger partial charge on any atom is -0.493 e. The van der Waals surface area contributed by atoms with Crippen molar-refractivity contribution in [2.75, 3.05) is 52.3 Å². The summed E-state index contributed by atoms with van der Waals surface area (Å²) >= 11 is 0. The molecule has 1 fully saturated rings. The summed E-state index contributed by atoms with van der Waals surface area (Å²) in [6, 6.07) is 16.2. The number of hydrogen-bond donors (Lipinski definition) is 0. The van der Waals surface area contributed by atoms with Gasteiger partial charge in [-0.1, -0.05) is 18.2 Å². The van der Waals surface area contributed by atoms with Crippen molar-refractivity contribution >= 4 is 11.5 Å². The summed E-state index contributed by atoms with van der Waals surface area (Å²) in [7, 11) is 5.35. The molecule has 4 rings (SSSR count). The fourth-order valence-corrected chi connectivity index (χ4v) is 4.22. The van der Waals surface area contributed by atoms with Crippen LogP contribution in [0.1, 0.15) is 22.5 Å². The molecule has 0 saturated carbocycles. The predicted octanol–water partition coefficient (Wildman–Crippen LogP) is 3.19. The van der Waals surface area contributed by atoms with Crippen molar-refractivity contribution in [3.63, 3.8) is 0 Å². The summed E-state index contributed by atoms with van der Waals surface area (Å²) in [6.45, 7) is 4.30. The van der Waals surface area contributed by atoms with Crippen molar-refractivity contribution < 1.29 is 14.3 Å². The summed E-state index contributed by atoms with van der Waals surface area (Å²) in [5, 5.41) is 0. The number of ether oxygens (including phenoxy) is 2. The fourth-order valence-electron chi connectivity index (χ4n) is 4.22. The smallest absolute Gasteiger partial charge is 0.161 e. The van der Waals surface area contributed by atoms with E-state index in [9.17, 15) is 4.79 Å². The van der Waals surface area contributed by atoms with E-state index in [-0.39, 0.29) is 12.2 Å². The monoisotopic (exact) mass is 460 g/mol. The zero-order valence-electron chi connectivity index (χ0n) is 20.2. The Balaban J connectivity index is 1.35. The Morgan fingerprint density at radius 2 is 1.50 bits per heavy atom. The molecule has 0 N–H and O–H groups in total. The summed E-state index contributed by atoms with van der Waals surface area (Å²) in [6.07, 6.45) is 2.84. The summed E-state index contributed by atoms with van der Waals surface area (Å²) < 4.78 is 10.6. The molecular formula is C27H32N4O3. The Kier molecular flexibility index (Phi) is 7.75. The number of hydrogen-bond acceptors (Lipinski definition) is 7. The molecule has 1 saturated heterocycles. The second-order valence-corrected chi connectivity index (χ2v) is 8.72. The van der Waals surface area contributed by atoms with Gasteiger partial charge in [-0.3, -0.25) is 4.79 Å². The second kappa shape index (κ2) is 11.1. The van der Waals surface area contributed by atoms with Crippen molar-refractivity contribution in [3.05, 3.63) is 77.4 Å². The van der Waals surface area contributed by atoms with E-state index in [1.807, 2.05) is 24.3 Å². The van der Waals surface area contributed by atoms with E-state index < -0.39 is 0 Å². The third-order valence-electron chi connectivity index (χ3n) is 6.20. The van der Waals surface area contributed by atoms with E-state index in [2.05, 4.69) is 51.1 Å². The van der Waals surface area contributed by atoms with Crippen LogP contribution < -0.4 is 14.4 Å². The molecule has 0 unspecified atom stereocenters. The van der Waals surface area contributed by atoms with Gasteiger partial charge in [0.15, 0.2) is 11.5 Å². The Bertz CT molecular complexity index is 1110. The lowest BCUT2D eigenvalue weighted by Crippen LogP contribution is -2.44. The average Bonchev–Trinajstić information content (AvgIpc) is 2.85. The lowest BCUT2D eigenvalue weighted by Gasteiger charge is -2.34. The Hall–Kier alpha value is -3.45. The Morgan fingerprint density at radius 3 is 2.21 bits per heavy atom. The van der Waals surface area contributed by atoms with E-state index >= 15 is 0 Å². The van der Waals surface area contributed by atoms with Crippen LogP contribution in [0.2, 0.25) is 0 Å². The molecule has 178 valence electrons. The molecule has 0 aliphatic carbocycles. The van der Waals surface area contributed by atoms with Gasteiger partial charge in [0.1, 0.15) is 12.1 Å². The summed E-state index contributed by atoms with van der Waals surface area (Å²) in [4.78, 5) is 26.2. The van der Waals surface area contributed by atoms with E-state index in [1.165, 1.54) is 11.3 Å². The van der Waals surface area contributed by atoms with Crippen LogP contribution >= 0.6 is 0 Å². The first-order chi connectivity index (χ1) is 16.5. The number of benzene rings is 2. The molecule has 7 heteroatoms. The molecular weight excluding hydrogens is 428 g/mol. The van der Waals surface area contributed by atoms with Gasteiger partial charge in [-0.15, -0.1) is 0 Å². The van der Waals surface area contributed by atoms with Crippen LogP contribution in [0.4, 0.5) is 5.69 Å². The molecule has 0 amide bonds. The van der Waals surface area contributed by atoms with Gasteiger partial charge in [-0.25, -0.2) is 9.97 Å². The number of methoxy groups -OCH3 is 2. The van der Waals surface area contributed by atoms with Gasteiger partial charge in [0.25, 0.3) is 0 Å². The van der Waals surface area contributed by atoms with Gasteiger partial charge in [-0.2, -0.15) is 0 Å². The maximum atomic E-state index is 12.7. The van der Waals surface area contributed by atoms with Crippen LogP contribution in [0.15, 0.2) is 54.9 Å². The molecule has 7 nitrogen and oxygen atoms in total. The van der Waals surface area contributed by atoms with Crippen molar-refractivity contribution in [2.24, 2.45) is 0 Å². The zero-order valence-corrected chi connectivity index (χ0v) is 20.2. The van der Waals surface area contributed by atoms with E-state index in [1.54, 1.807) is 20.5 Å². The Labute approximate surface area is 201 Å².